The summed E-state index contributed by atoms with van der Waals surface area (Å²) in [6.07, 6.45) is 0. The molecule has 1 aromatic carbocycles. The first-order valence-electron chi connectivity index (χ1n) is 4.83. The molecule has 0 atom stereocenters. The summed E-state index contributed by atoms with van der Waals surface area (Å²) in [7, 11) is 0. The first-order valence-corrected chi connectivity index (χ1v) is 5.37. The minimum Gasteiger partial charge on any atom is -0.461 e. The Bertz CT molecular complexity index is 293. The van der Waals surface area contributed by atoms with E-state index < -0.39 is 0 Å². The lowest BCUT2D eigenvalue weighted by molar-refractivity contribution is 0.0509. The molecule has 1 aromatic rings. The molecule has 0 radical (unpaired) electrons. The fourth-order valence-corrected chi connectivity index (χ4v) is 1.20. The molecule has 0 aliphatic carbocycles. The zero-order valence-electron chi connectivity index (χ0n) is 8.82. The van der Waals surface area contributed by atoms with Gasteiger partial charge in [0.25, 0.3) is 0 Å². The molecule has 1 N–H and O–H groups in total. The first-order chi connectivity index (χ1) is 7.34. The number of halogens is 2. The third-order valence-corrected chi connectivity index (χ3v) is 1.98. The van der Waals surface area contributed by atoms with Crippen LogP contribution in [0, 0.1) is 0 Å². The predicted molar refractivity (Wildman–Crippen MR) is 67.6 cm³/mol. The molecular formula is C11H15Cl2NO2. The van der Waals surface area contributed by atoms with Crippen molar-refractivity contribution in [1.29, 1.82) is 0 Å². The van der Waals surface area contributed by atoms with Crippen molar-refractivity contribution in [3.8, 4) is 0 Å². The lowest BCUT2D eigenvalue weighted by atomic mass is 10.2. The summed E-state index contributed by atoms with van der Waals surface area (Å²) in [6.45, 7) is 1.72. The van der Waals surface area contributed by atoms with Crippen LogP contribution in [0.5, 0.6) is 0 Å². The summed E-state index contributed by atoms with van der Waals surface area (Å²) >= 11 is 5.47. The number of benzene rings is 1. The second-order valence-electron chi connectivity index (χ2n) is 2.94. The molecule has 0 heterocycles. The average Bonchev–Trinajstić information content (AvgIpc) is 2.30. The van der Waals surface area contributed by atoms with Gasteiger partial charge in [0.1, 0.15) is 6.61 Å². The third kappa shape index (κ3) is 5.95. The Hall–Kier alpha value is -0.770. The summed E-state index contributed by atoms with van der Waals surface area (Å²) in [5, 5.41) is 3.03. The van der Waals surface area contributed by atoms with Gasteiger partial charge in [-0.15, -0.1) is 24.0 Å². The Balaban J connectivity index is 0.00000225. The number of esters is 1. The fraction of sp³-hybridized carbons (Fsp3) is 0.364. The zero-order valence-corrected chi connectivity index (χ0v) is 10.4. The van der Waals surface area contributed by atoms with Crippen molar-refractivity contribution in [2.45, 2.75) is 0 Å². The zero-order chi connectivity index (χ0) is 10.9. The van der Waals surface area contributed by atoms with Gasteiger partial charge in [0, 0.05) is 19.0 Å². The lowest BCUT2D eigenvalue weighted by Gasteiger charge is -2.05. The molecule has 0 fully saturated rings. The molecule has 0 unspecified atom stereocenters. The van der Waals surface area contributed by atoms with Crippen molar-refractivity contribution in [2.24, 2.45) is 0 Å². The molecule has 0 aliphatic rings. The van der Waals surface area contributed by atoms with E-state index in [4.69, 9.17) is 16.3 Å². The molecule has 0 saturated heterocycles. The molecule has 0 amide bonds. The Kier molecular flexibility index (Phi) is 9.00. The lowest BCUT2D eigenvalue weighted by Crippen LogP contribution is -2.23. The molecule has 90 valence electrons. The Labute approximate surface area is 107 Å². The van der Waals surface area contributed by atoms with Gasteiger partial charge in [0.2, 0.25) is 0 Å². The van der Waals surface area contributed by atoms with Crippen molar-refractivity contribution < 1.29 is 9.53 Å². The largest absolute Gasteiger partial charge is 0.461 e. The SMILES string of the molecule is Cl.O=C(OCCNCCCl)c1ccccc1. The maximum atomic E-state index is 11.4. The molecule has 0 saturated carbocycles. The van der Waals surface area contributed by atoms with E-state index in [-0.39, 0.29) is 18.4 Å². The molecule has 5 heteroatoms. The molecule has 16 heavy (non-hydrogen) atoms. The van der Waals surface area contributed by atoms with Gasteiger partial charge >= 0.3 is 5.97 Å². The smallest absolute Gasteiger partial charge is 0.338 e. The van der Waals surface area contributed by atoms with Gasteiger partial charge < -0.3 is 10.1 Å². The Morgan fingerprint density at radius 3 is 2.56 bits per heavy atom. The Morgan fingerprint density at radius 1 is 1.25 bits per heavy atom. The van der Waals surface area contributed by atoms with Crippen molar-refractivity contribution in [3.63, 3.8) is 0 Å². The minimum absolute atomic E-state index is 0. The van der Waals surface area contributed by atoms with E-state index in [2.05, 4.69) is 5.32 Å². The first kappa shape index (κ1) is 15.2. The van der Waals surface area contributed by atoms with Crippen molar-refractivity contribution >= 4 is 30.0 Å². The van der Waals surface area contributed by atoms with E-state index in [1.54, 1.807) is 12.1 Å². The quantitative estimate of drug-likeness (QED) is 0.485. The van der Waals surface area contributed by atoms with E-state index in [1.165, 1.54) is 0 Å². The standard InChI is InChI=1S/C11H14ClNO2.ClH/c12-6-7-13-8-9-15-11(14)10-4-2-1-3-5-10;/h1-5,13H,6-9H2;1H. The van der Waals surface area contributed by atoms with Crippen LogP contribution < -0.4 is 5.32 Å². The second kappa shape index (κ2) is 9.46. The number of rotatable bonds is 6. The summed E-state index contributed by atoms with van der Waals surface area (Å²) in [5.74, 6) is 0.273. The number of hydrogen-bond acceptors (Lipinski definition) is 3. The van der Waals surface area contributed by atoms with Crippen LogP contribution in [0.1, 0.15) is 10.4 Å². The highest BCUT2D eigenvalue weighted by atomic mass is 35.5. The van der Waals surface area contributed by atoms with Gasteiger partial charge in [-0.1, -0.05) is 18.2 Å². The Morgan fingerprint density at radius 2 is 1.94 bits per heavy atom. The predicted octanol–water partition coefficient (Wildman–Crippen LogP) is 2.09. The molecule has 0 spiro atoms. The number of hydrogen-bond donors (Lipinski definition) is 1. The average molecular weight is 264 g/mol. The van der Waals surface area contributed by atoms with Gasteiger partial charge in [-0.3, -0.25) is 0 Å². The number of carbonyl (C=O) groups excluding carboxylic acids is 1. The number of alkyl halides is 1. The topological polar surface area (TPSA) is 38.3 Å². The van der Waals surface area contributed by atoms with E-state index in [1.807, 2.05) is 18.2 Å². The number of ether oxygens (including phenoxy) is 1. The van der Waals surface area contributed by atoms with Crippen LogP contribution in [0.15, 0.2) is 30.3 Å². The van der Waals surface area contributed by atoms with Gasteiger partial charge in [-0.25, -0.2) is 4.79 Å². The summed E-state index contributed by atoms with van der Waals surface area (Å²) < 4.78 is 5.03. The molecule has 1 rings (SSSR count). The van der Waals surface area contributed by atoms with Crippen LogP contribution in [-0.4, -0.2) is 31.5 Å². The number of carbonyl (C=O) groups is 1. The van der Waals surface area contributed by atoms with Crippen molar-refractivity contribution in [3.05, 3.63) is 35.9 Å². The van der Waals surface area contributed by atoms with Crippen LogP contribution in [-0.2, 0) is 4.74 Å². The van der Waals surface area contributed by atoms with Crippen LogP contribution >= 0.6 is 24.0 Å². The van der Waals surface area contributed by atoms with Crippen molar-refractivity contribution in [2.75, 3.05) is 25.6 Å². The van der Waals surface area contributed by atoms with Crippen LogP contribution in [0.4, 0.5) is 0 Å². The van der Waals surface area contributed by atoms with E-state index in [0.29, 0.717) is 24.6 Å². The minimum atomic E-state index is -0.289. The molecule has 0 aromatic heterocycles. The fourth-order valence-electron chi connectivity index (χ4n) is 1.07. The van der Waals surface area contributed by atoms with E-state index in [0.717, 1.165) is 6.54 Å². The highest BCUT2D eigenvalue weighted by Gasteiger charge is 2.04. The molecule has 0 aliphatic heterocycles. The molecule has 3 nitrogen and oxygen atoms in total. The van der Waals surface area contributed by atoms with Gasteiger partial charge in [-0.05, 0) is 12.1 Å². The van der Waals surface area contributed by atoms with E-state index in [9.17, 15) is 4.79 Å². The van der Waals surface area contributed by atoms with Crippen LogP contribution in [0.3, 0.4) is 0 Å². The molecule has 0 bridgehead atoms. The monoisotopic (exact) mass is 263 g/mol. The third-order valence-electron chi connectivity index (χ3n) is 1.79. The van der Waals surface area contributed by atoms with Gasteiger partial charge in [-0.2, -0.15) is 0 Å². The molecular weight excluding hydrogens is 249 g/mol. The summed E-state index contributed by atoms with van der Waals surface area (Å²) in [4.78, 5) is 11.4. The van der Waals surface area contributed by atoms with Crippen LogP contribution in [0.2, 0.25) is 0 Å². The van der Waals surface area contributed by atoms with Crippen molar-refractivity contribution in [1.82, 2.24) is 5.32 Å². The summed E-state index contributed by atoms with van der Waals surface area (Å²) in [5.41, 5.74) is 0.579. The highest BCUT2D eigenvalue weighted by Crippen LogP contribution is 2.00. The maximum absolute atomic E-state index is 11.4. The van der Waals surface area contributed by atoms with Gasteiger partial charge in [0.15, 0.2) is 0 Å². The maximum Gasteiger partial charge on any atom is 0.338 e. The van der Waals surface area contributed by atoms with Gasteiger partial charge in [0.05, 0.1) is 5.56 Å². The normalized spacial score (nSPS) is 9.31. The van der Waals surface area contributed by atoms with E-state index >= 15 is 0 Å². The van der Waals surface area contributed by atoms with Crippen LogP contribution in [0.25, 0.3) is 0 Å². The number of nitrogens with one attached hydrogen (secondary N) is 1. The summed E-state index contributed by atoms with van der Waals surface area (Å²) in [6, 6.07) is 8.94. The highest BCUT2D eigenvalue weighted by molar-refractivity contribution is 6.18. The second-order valence-corrected chi connectivity index (χ2v) is 3.32.